The normalized spacial score (nSPS) is 9.17. The van der Waals surface area contributed by atoms with E-state index in [0.29, 0.717) is 0 Å². The minimum Gasteiger partial charge on any atom is -0.165 e. The second-order valence-corrected chi connectivity index (χ2v) is 3.75. The van der Waals surface area contributed by atoms with Gasteiger partial charge in [0.05, 0.1) is 0 Å². The summed E-state index contributed by atoms with van der Waals surface area (Å²) < 4.78 is 0. The fourth-order valence-corrected chi connectivity index (χ4v) is 1.30. The maximum atomic E-state index is 3.79. The Morgan fingerprint density at radius 3 is 2.33 bits per heavy atom. The summed E-state index contributed by atoms with van der Waals surface area (Å²) in [6, 6.07) is 0. The molecule has 12 heavy (non-hydrogen) atoms. The molecule has 0 aliphatic heterocycles. The number of hydrogen-bond acceptors (Lipinski definition) is 1. The third kappa shape index (κ3) is 9.91. The minimum atomic E-state index is 1.05. The Bertz CT molecular complexity index is 116. The summed E-state index contributed by atoms with van der Waals surface area (Å²) in [5.41, 5.74) is 0. The van der Waals surface area contributed by atoms with Crippen molar-refractivity contribution in [1.82, 2.24) is 0 Å². The molecule has 0 N–H and O–H groups in total. The molecule has 0 aromatic carbocycles. The molecule has 0 saturated carbocycles. The Balaban J connectivity index is 3.01. The van der Waals surface area contributed by atoms with Gasteiger partial charge in [0.15, 0.2) is 0 Å². The van der Waals surface area contributed by atoms with E-state index in [1.165, 1.54) is 25.0 Å². The van der Waals surface area contributed by atoms with Gasteiger partial charge in [-0.3, -0.25) is 0 Å². The molecule has 0 rings (SSSR count). The molecule has 1 heteroatoms. The number of unbranched alkanes of at least 4 members (excludes halogenated alkanes) is 4. The van der Waals surface area contributed by atoms with Crippen LogP contribution in [0.3, 0.4) is 0 Å². The zero-order valence-corrected chi connectivity index (χ0v) is 8.88. The highest BCUT2D eigenvalue weighted by Gasteiger charge is 1.82. The summed E-state index contributed by atoms with van der Waals surface area (Å²) >= 11 is 1.90. The van der Waals surface area contributed by atoms with Crippen LogP contribution in [0, 0.1) is 18.8 Å². The Morgan fingerprint density at radius 2 is 1.75 bits per heavy atom. The van der Waals surface area contributed by atoms with Crippen molar-refractivity contribution < 1.29 is 0 Å². The van der Waals surface area contributed by atoms with Crippen molar-refractivity contribution in [2.45, 2.75) is 38.5 Å². The molecule has 0 saturated heterocycles. The van der Waals surface area contributed by atoms with Crippen molar-refractivity contribution in [1.29, 1.82) is 0 Å². The lowest BCUT2D eigenvalue weighted by Crippen LogP contribution is -1.76. The van der Waals surface area contributed by atoms with Crippen LogP contribution in [0.5, 0.6) is 0 Å². The Hall–Kier alpha value is -0.0900. The van der Waals surface area contributed by atoms with Gasteiger partial charge >= 0.3 is 0 Å². The standard InChI is InChI=1S/C11H19S/c1-3-4-5-6-7-8-9-10-11-12-2/h1,3-6,9-11H2,2H3. The summed E-state index contributed by atoms with van der Waals surface area (Å²) in [6.07, 6.45) is 9.01. The van der Waals surface area contributed by atoms with E-state index in [2.05, 4.69) is 25.0 Å². The average Bonchev–Trinajstić information content (AvgIpc) is 2.10. The Kier molecular flexibility index (Phi) is 10.8. The minimum absolute atomic E-state index is 1.05. The molecule has 0 aliphatic rings. The van der Waals surface area contributed by atoms with E-state index in [1.807, 2.05) is 11.8 Å². The van der Waals surface area contributed by atoms with Crippen molar-refractivity contribution in [3.8, 4) is 11.8 Å². The lowest BCUT2D eigenvalue weighted by atomic mass is 10.2. The molecule has 0 bridgehead atoms. The molecule has 69 valence electrons. The van der Waals surface area contributed by atoms with E-state index in [4.69, 9.17) is 0 Å². The van der Waals surface area contributed by atoms with Crippen LogP contribution in [0.15, 0.2) is 0 Å². The molecule has 0 atom stereocenters. The second-order valence-electron chi connectivity index (χ2n) is 2.76. The highest BCUT2D eigenvalue weighted by Crippen LogP contribution is 1.99. The van der Waals surface area contributed by atoms with Gasteiger partial charge in [0.2, 0.25) is 0 Å². The van der Waals surface area contributed by atoms with Gasteiger partial charge in [-0.25, -0.2) is 0 Å². The van der Waals surface area contributed by atoms with Gasteiger partial charge in [-0.05, 0) is 24.9 Å². The molecular formula is C11H19S. The van der Waals surface area contributed by atoms with E-state index in [0.717, 1.165) is 19.3 Å². The molecule has 1 radical (unpaired) electrons. The van der Waals surface area contributed by atoms with E-state index < -0.39 is 0 Å². The highest BCUT2D eigenvalue weighted by atomic mass is 32.2. The molecule has 0 aliphatic carbocycles. The van der Waals surface area contributed by atoms with Crippen LogP contribution >= 0.6 is 11.8 Å². The largest absolute Gasteiger partial charge is 0.165 e. The van der Waals surface area contributed by atoms with Gasteiger partial charge in [0.25, 0.3) is 0 Å². The number of rotatable bonds is 6. The maximum absolute atomic E-state index is 3.79. The zero-order valence-electron chi connectivity index (χ0n) is 8.07. The van der Waals surface area contributed by atoms with Crippen molar-refractivity contribution >= 4 is 11.8 Å². The molecule has 0 heterocycles. The molecule has 0 unspecified atom stereocenters. The van der Waals surface area contributed by atoms with Crippen LogP contribution in [-0.2, 0) is 0 Å². The van der Waals surface area contributed by atoms with Crippen LogP contribution in [0.4, 0.5) is 0 Å². The molecule has 0 amide bonds. The van der Waals surface area contributed by atoms with Crippen LogP contribution < -0.4 is 0 Å². The fourth-order valence-electron chi connectivity index (χ4n) is 0.872. The van der Waals surface area contributed by atoms with Crippen molar-refractivity contribution in [3.63, 3.8) is 0 Å². The van der Waals surface area contributed by atoms with Crippen LogP contribution in [0.1, 0.15) is 38.5 Å². The summed E-state index contributed by atoms with van der Waals surface area (Å²) in [5.74, 6) is 7.63. The Morgan fingerprint density at radius 1 is 1.08 bits per heavy atom. The van der Waals surface area contributed by atoms with Gasteiger partial charge < -0.3 is 0 Å². The van der Waals surface area contributed by atoms with E-state index in [-0.39, 0.29) is 0 Å². The summed E-state index contributed by atoms with van der Waals surface area (Å²) in [5, 5.41) is 0. The third-order valence-electron chi connectivity index (χ3n) is 1.58. The van der Waals surface area contributed by atoms with Crippen LogP contribution in [-0.4, -0.2) is 12.0 Å². The predicted molar refractivity (Wildman–Crippen MR) is 59.2 cm³/mol. The molecule has 0 aromatic heterocycles. The molecule has 0 spiro atoms. The fraction of sp³-hybridized carbons (Fsp3) is 0.727. The molecule has 0 aromatic rings. The lowest BCUT2D eigenvalue weighted by Gasteiger charge is -1.90. The van der Waals surface area contributed by atoms with Crippen molar-refractivity contribution in [2.75, 3.05) is 12.0 Å². The van der Waals surface area contributed by atoms with Crippen LogP contribution in [0.2, 0.25) is 0 Å². The van der Waals surface area contributed by atoms with Gasteiger partial charge in [0.1, 0.15) is 0 Å². The van der Waals surface area contributed by atoms with E-state index in [9.17, 15) is 0 Å². The first-order valence-electron chi connectivity index (χ1n) is 4.65. The summed E-state index contributed by atoms with van der Waals surface area (Å²) in [4.78, 5) is 0. The van der Waals surface area contributed by atoms with Gasteiger partial charge in [-0.15, -0.1) is 11.8 Å². The van der Waals surface area contributed by atoms with E-state index in [1.54, 1.807) is 0 Å². The van der Waals surface area contributed by atoms with Gasteiger partial charge in [0, 0.05) is 12.8 Å². The predicted octanol–water partition coefficient (Wildman–Crippen LogP) is 3.53. The van der Waals surface area contributed by atoms with Gasteiger partial charge in [-0.1, -0.05) is 19.8 Å². The first-order valence-corrected chi connectivity index (χ1v) is 6.05. The SMILES string of the molecule is [CH2]CCCCC#CCCCSC. The van der Waals surface area contributed by atoms with E-state index >= 15 is 0 Å². The van der Waals surface area contributed by atoms with Crippen LogP contribution in [0.25, 0.3) is 0 Å². The monoisotopic (exact) mass is 183 g/mol. The summed E-state index contributed by atoms with van der Waals surface area (Å²) in [7, 11) is 0. The zero-order chi connectivity index (χ0) is 9.07. The van der Waals surface area contributed by atoms with Gasteiger partial charge in [-0.2, -0.15) is 11.8 Å². The number of hydrogen-bond donors (Lipinski definition) is 0. The Labute approximate surface area is 81.5 Å². The molecule has 0 fully saturated rings. The average molecular weight is 183 g/mol. The third-order valence-corrected chi connectivity index (χ3v) is 2.27. The maximum Gasteiger partial charge on any atom is 0.00965 e. The summed E-state index contributed by atoms with van der Waals surface area (Å²) in [6.45, 7) is 3.79. The topological polar surface area (TPSA) is 0 Å². The second kappa shape index (κ2) is 10.9. The molecular weight excluding hydrogens is 164 g/mol. The smallest absolute Gasteiger partial charge is 0.00965 e. The first kappa shape index (κ1) is 11.9. The number of thioether (sulfide) groups is 1. The quantitative estimate of drug-likeness (QED) is 0.448. The first-order chi connectivity index (χ1) is 5.91. The lowest BCUT2D eigenvalue weighted by molar-refractivity contribution is 0.769. The van der Waals surface area contributed by atoms with Crippen molar-refractivity contribution in [2.24, 2.45) is 0 Å². The molecule has 0 nitrogen and oxygen atoms in total. The van der Waals surface area contributed by atoms with Crippen molar-refractivity contribution in [3.05, 3.63) is 6.92 Å². The highest BCUT2D eigenvalue weighted by molar-refractivity contribution is 7.98.